The summed E-state index contributed by atoms with van der Waals surface area (Å²) in [6.45, 7) is 6.80. The number of nitrogens with zero attached hydrogens (tertiary/aromatic N) is 4. The van der Waals surface area contributed by atoms with Crippen molar-refractivity contribution < 1.29 is 4.79 Å². The first-order valence-corrected chi connectivity index (χ1v) is 10.2. The average Bonchev–Trinajstić information content (AvgIpc) is 3.13. The van der Waals surface area contributed by atoms with Gasteiger partial charge in [-0.1, -0.05) is 41.7 Å². The number of aromatic nitrogens is 1. The van der Waals surface area contributed by atoms with Gasteiger partial charge < -0.3 is 4.90 Å². The molecule has 1 aliphatic rings. The molecule has 0 atom stereocenters. The monoisotopic (exact) mass is 380 g/mol. The van der Waals surface area contributed by atoms with Gasteiger partial charge in [0, 0.05) is 38.4 Å². The van der Waals surface area contributed by atoms with Crippen molar-refractivity contribution in [3.05, 3.63) is 54.6 Å². The van der Waals surface area contributed by atoms with Crippen molar-refractivity contribution in [2.75, 3.05) is 49.1 Å². The molecule has 5 nitrogen and oxygen atoms in total. The van der Waals surface area contributed by atoms with Crippen LogP contribution in [0.1, 0.15) is 6.92 Å². The molecule has 0 aliphatic carbocycles. The van der Waals surface area contributed by atoms with Crippen LogP contribution >= 0.6 is 11.3 Å². The Balaban J connectivity index is 1.38. The summed E-state index contributed by atoms with van der Waals surface area (Å²) in [6.07, 6.45) is 0. The number of para-hydroxylation sites is 2. The fourth-order valence-corrected chi connectivity index (χ4v) is 4.52. The molecule has 6 heteroatoms. The Hall–Kier alpha value is -2.44. The maximum atomic E-state index is 12.9. The molecule has 1 saturated heterocycles. The largest absolute Gasteiger partial charge is 0.369 e. The van der Waals surface area contributed by atoms with E-state index in [4.69, 9.17) is 0 Å². The molecule has 27 heavy (non-hydrogen) atoms. The summed E-state index contributed by atoms with van der Waals surface area (Å²) in [7, 11) is 0. The van der Waals surface area contributed by atoms with Crippen molar-refractivity contribution in [3.8, 4) is 0 Å². The molecule has 1 fully saturated rings. The van der Waals surface area contributed by atoms with Gasteiger partial charge >= 0.3 is 0 Å². The number of rotatable bonds is 5. The van der Waals surface area contributed by atoms with E-state index in [0.29, 0.717) is 13.1 Å². The summed E-state index contributed by atoms with van der Waals surface area (Å²) in [6, 6.07) is 18.5. The van der Waals surface area contributed by atoms with Crippen LogP contribution in [-0.2, 0) is 4.79 Å². The van der Waals surface area contributed by atoms with Crippen molar-refractivity contribution in [3.63, 3.8) is 0 Å². The number of anilines is 2. The van der Waals surface area contributed by atoms with E-state index >= 15 is 0 Å². The zero-order valence-electron chi connectivity index (χ0n) is 15.5. The summed E-state index contributed by atoms with van der Waals surface area (Å²) in [5, 5.41) is 0.798. The topological polar surface area (TPSA) is 39.7 Å². The standard InChI is InChI=1S/C21H24N4OS/c1-2-25(21-22-18-10-6-7-11-19(18)27-21)20(26)16-23-12-14-24(15-13-23)17-8-4-3-5-9-17/h3-11H,2,12-16H2,1H3. The predicted molar refractivity (Wildman–Crippen MR) is 113 cm³/mol. The molecule has 2 heterocycles. The van der Waals surface area contributed by atoms with Crippen LogP contribution < -0.4 is 9.80 Å². The second-order valence-electron chi connectivity index (χ2n) is 6.70. The molecular formula is C21H24N4OS. The predicted octanol–water partition coefficient (Wildman–Crippen LogP) is 3.47. The third-order valence-corrected chi connectivity index (χ3v) is 6.04. The molecule has 1 aliphatic heterocycles. The zero-order valence-corrected chi connectivity index (χ0v) is 16.4. The molecule has 0 saturated carbocycles. The molecule has 4 rings (SSSR count). The quantitative estimate of drug-likeness (QED) is 0.679. The number of carbonyl (C=O) groups excluding carboxylic acids is 1. The maximum Gasteiger partial charge on any atom is 0.242 e. The van der Waals surface area contributed by atoms with Gasteiger partial charge in [-0.2, -0.15) is 0 Å². The van der Waals surface area contributed by atoms with Crippen molar-refractivity contribution in [2.24, 2.45) is 0 Å². The van der Waals surface area contributed by atoms with Crippen LogP contribution in [0, 0.1) is 0 Å². The molecule has 0 spiro atoms. The van der Waals surface area contributed by atoms with E-state index in [-0.39, 0.29) is 5.91 Å². The first-order valence-electron chi connectivity index (χ1n) is 9.43. The van der Waals surface area contributed by atoms with Crippen molar-refractivity contribution in [2.45, 2.75) is 6.92 Å². The Morgan fingerprint density at radius 3 is 2.44 bits per heavy atom. The Labute approximate surface area is 163 Å². The van der Waals surface area contributed by atoms with Crippen LogP contribution in [0.3, 0.4) is 0 Å². The third-order valence-electron chi connectivity index (χ3n) is 4.98. The smallest absolute Gasteiger partial charge is 0.242 e. The van der Waals surface area contributed by atoms with E-state index < -0.39 is 0 Å². The van der Waals surface area contributed by atoms with Crippen LogP contribution in [-0.4, -0.2) is 55.1 Å². The lowest BCUT2D eigenvalue weighted by molar-refractivity contribution is -0.119. The lowest BCUT2D eigenvalue weighted by atomic mass is 10.2. The highest BCUT2D eigenvalue weighted by Gasteiger charge is 2.23. The van der Waals surface area contributed by atoms with E-state index in [1.54, 1.807) is 11.3 Å². The Bertz CT molecular complexity index is 870. The summed E-state index contributed by atoms with van der Waals surface area (Å²) in [5.41, 5.74) is 2.22. The summed E-state index contributed by atoms with van der Waals surface area (Å²) in [5.74, 6) is 0.129. The molecule has 1 aromatic heterocycles. The van der Waals surface area contributed by atoms with E-state index in [0.717, 1.165) is 41.5 Å². The van der Waals surface area contributed by atoms with Gasteiger partial charge in [-0.05, 0) is 31.2 Å². The summed E-state index contributed by atoms with van der Waals surface area (Å²) >= 11 is 1.59. The van der Waals surface area contributed by atoms with Gasteiger partial charge in [0.15, 0.2) is 5.13 Å². The Morgan fingerprint density at radius 1 is 1.04 bits per heavy atom. The maximum absolute atomic E-state index is 12.9. The lowest BCUT2D eigenvalue weighted by Gasteiger charge is -2.36. The summed E-state index contributed by atoms with van der Waals surface area (Å²) in [4.78, 5) is 24.0. The first-order chi connectivity index (χ1) is 13.2. The van der Waals surface area contributed by atoms with Gasteiger partial charge in [0.2, 0.25) is 5.91 Å². The van der Waals surface area contributed by atoms with Gasteiger partial charge in [0.1, 0.15) is 0 Å². The second kappa shape index (κ2) is 8.06. The van der Waals surface area contributed by atoms with Crippen LogP contribution in [0.25, 0.3) is 10.2 Å². The number of fused-ring (bicyclic) bond motifs is 1. The Kier molecular flexibility index (Phi) is 5.36. The van der Waals surface area contributed by atoms with E-state index in [9.17, 15) is 4.79 Å². The van der Waals surface area contributed by atoms with Gasteiger partial charge in [-0.15, -0.1) is 0 Å². The van der Waals surface area contributed by atoms with Crippen LogP contribution in [0.4, 0.5) is 10.8 Å². The SMILES string of the molecule is CCN(C(=O)CN1CCN(c2ccccc2)CC1)c1nc2ccccc2s1. The highest BCUT2D eigenvalue weighted by Crippen LogP contribution is 2.28. The Morgan fingerprint density at radius 2 is 1.74 bits per heavy atom. The zero-order chi connectivity index (χ0) is 18.6. The minimum absolute atomic E-state index is 0.129. The molecule has 2 aromatic carbocycles. The van der Waals surface area contributed by atoms with E-state index in [1.807, 2.05) is 36.1 Å². The van der Waals surface area contributed by atoms with Gasteiger partial charge in [0.05, 0.1) is 16.8 Å². The van der Waals surface area contributed by atoms with Crippen molar-refractivity contribution in [1.29, 1.82) is 0 Å². The van der Waals surface area contributed by atoms with Gasteiger partial charge in [0.25, 0.3) is 0 Å². The van der Waals surface area contributed by atoms with E-state index in [1.165, 1.54) is 5.69 Å². The van der Waals surface area contributed by atoms with Gasteiger partial charge in [-0.25, -0.2) is 4.98 Å². The number of hydrogen-bond donors (Lipinski definition) is 0. The molecule has 0 radical (unpaired) electrons. The third kappa shape index (κ3) is 3.96. The molecular weight excluding hydrogens is 356 g/mol. The number of hydrogen-bond acceptors (Lipinski definition) is 5. The minimum Gasteiger partial charge on any atom is -0.369 e. The van der Waals surface area contributed by atoms with Gasteiger partial charge in [-0.3, -0.25) is 14.6 Å². The van der Waals surface area contributed by atoms with Crippen molar-refractivity contribution >= 4 is 38.3 Å². The first kappa shape index (κ1) is 17.9. The minimum atomic E-state index is 0.129. The molecule has 1 amide bonds. The normalized spacial score (nSPS) is 15.2. The van der Waals surface area contributed by atoms with E-state index in [2.05, 4.69) is 45.1 Å². The van der Waals surface area contributed by atoms with Crippen LogP contribution in [0.15, 0.2) is 54.6 Å². The highest BCUT2D eigenvalue weighted by molar-refractivity contribution is 7.22. The molecule has 0 unspecified atom stereocenters. The molecule has 0 N–H and O–H groups in total. The summed E-state index contributed by atoms with van der Waals surface area (Å²) < 4.78 is 1.12. The average molecular weight is 381 g/mol. The number of benzene rings is 2. The number of piperazine rings is 1. The molecule has 140 valence electrons. The van der Waals surface area contributed by atoms with Crippen molar-refractivity contribution in [1.82, 2.24) is 9.88 Å². The molecule has 3 aromatic rings. The second-order valence-corrected chi connectivity index (χ2v) is 7.71. The lowest BCUT2D eigenvalue weighted by Crippen LogP contribution is -2.50. The number of carbonyl (C=O) groups is 1. The van der Waals surface area contributed by atoms with Crippen LogP contribution in [0.5, 0.6) is 0 Å². The van der Waals surface area contributed by atoms with Crippen LogP contribution in [0.2, 0.25) is 0 Å². The number of thiazole rings is 1. The fourth-order valence-electron chi connectivity index (χ4n) is 3.47. The fraction of sp³-hybridized carbons (Fsp3) is 0.333. The highest BCUT2D eigenvalue weighted by atomic mass is 32.1. The number of likely N-dealkylation sites (N-methyl/N-ethyl adjacent to an activating group) is 1. The molecule has 0 bridgehead atoms. The number of amides is 1.